The maximum atomic E-state index is 12.3. The third-order valence-electron chi connectivity index (χ3n) is 3.69. The zero-order chi connectivity index (χ0) is 15.5. The molecule has 1 radical (unpaired) electrons. The van der Waals surface area contributed by atoms with E-state index >= 15 is 0 Å². The Kier molecular flexibility index (Phi) is 3.84. The SMILES string of the molecule is Cc1ccc(N(c2ccc(C)cc2)c2ccccc2[O])cc1. The summed E-state index contributed by atoms with van der Waals surface area (Å²) in [4.78, 5) is 2.00. The quantitative estimate of drug-likeness (QED) is 0.587. The van der Waals surface area contributed by atoms with Gasteiger partial charge in [-0.3, -0.25) is 5.11 Å². The van der Waals surface area contributed by atoms with Gasteiger partial charge in [0.15, 0.2) is 0 Å². The van der Waals surface area contributed by atoms with Gasteiger partial charge in [0.25, 0.3) is 0 Å². The second kappa shape index (κ2) is 5.94. The van der Waals surface area contributed by atoms with Crippen molar-refractivity contribution in [1.29, 1.82) is 0 Å². The highest BCUT2D eigenvalue weighted by molar-refractivity contribution is 5.79. The molecule has 3 aromatic rings. The fourth-order valence-corrected chi connectivity index (χ4v) is 2.46. The summed E-state index contributed by atoms with van der Waals surface area (Å²) in [5, 5.41) is 12.3. The van der Waals surface area contributed by atoms with Crippen LogP contribution in [0.2, 0.25) is 0 Å². The first-order valence-corrected chi connectivity index (χ1v) is 7.35. The zero-order valence-electron chi connectivity index (χ0n) is 12.8. The summed E-state index contributed by atoms with van der Waals surface area (Å²) in [6.45, 7) is 4.11. The van der Waals surface area contributed by atoms with Gasteiger partial charge in [-0.05, 0) is 50.2 Å². The molecule has 0 N–H and O–H groups in total. The Morgan fingerprint density at radius 1 is 0.636 bits per heavy atom. The Labute approximate surface area is 131 Å². The van der Waals surface area contributed by atoms with Crippen molar-refractivity contribution in [3.63, 3.8) is 0 Å². The highest BCUT2D eigenvalue weighted by Crippen LogP contribution is 2.39. The van der Waals surface area contributed by atoms with Gasteiger partial charge in [-0.1, -0.05) is 47.5 Å². The molecule has 0 aliphatic carbocycles. The summed E-state index contributed by atoms with van der Waals surface area (Å²) in [7, 11) is 0. The second-order valence-corrected chi connectivity index (χ2v) is 5.47. The summed E-state index contributed by atoms with van der Waals surface area (Å²) in [6.07, 6.45) is 0. The lowest BCUT2D eigenvalue weighted by Crippen LogP contribution is -2.09. The molecule has 3 aromatic carbocycles. The van der Waals surface area contributed by atoms with Crippen molar-refractivity contribution in [3.8, 4) is 5.75 Å². The van der Waals surface area contributed by atoms with Crippen LogP contribution in [0.25, 0.3) is 0 Å². The molecular weight excluding hydrogens is 270 g/mol. The number of para-hydroxylation sites is 2. The van der Waals surface area contributed by atoms with Gasteiger partial charge in [0.05, 0.1) is 5.69 Å². The molecule has 2 heteroatoms. The van der Waals surface area contributed by atoms with Gasteiger partial charge in [-0.15, -0.1) is 0 Å². The maximum absolute atomic E-state index is 12.3. The number of aryl methyl sites for hydroxylation is 2. The third kappa shape index (κ3) is 2.82. The van der Waals surface area contributed by atoms with Crippen LogP contribution in [0.5, 0.6) is 5.75 Å². The van der Waals surface area contributed by atoms with Gasteiger partial charge in [0, 0.05) is 11.4 Å². The van der Waals surface area contributed by atoms with Crippen LogP contribution in [0.3, 0.4) is 0 Å². The number of nitrogens with zero attached hydrogens (tertiary/aromatic N) is 1. The topological polar surface area (TPSA) is 23.1 Å². The maximum Gasteiger partial charge on any atom is 0.202 e. The van der Waals surface area contributed by atoms with E-state index in [-0.39, 0.29) is 5.75 Å². The zero-order valence-corrected chi connectivity index (χ0v) is 12.8. The minimum atomic E-state index is 0.0173. The van der Waals surface area contributed by atoms with Gasteiger partial charge < -0.3 is 4.90 Å². The Morgan fingerprint density at radius 3 is 1.55 bits per heavy atom. The minimum Gasteiger partial charge on any atom is -0.307 e. The van der Waals surface area contributed by atoms with E-state index in [9.17, 15) is 5.11 Å². The van der Waals surface area contributed by atoms with Gasteiger partial charge in [-0.25, -0.2) is 0 Å². The minimum absolute atomic E-state index is 0.0173. The highest BCUT2D eigenvalue weighted by Gasteiger charge is 2.16. The largest absolute Gasteiger partial charge is 0.307 e. The van der Waals surface area contributed by atoms with Crippen molar-refractivity contribution < 1.29 is 5.11 Å². The fourth-order valence-electron chi connectivity index (χ4n) is 2.46. The van der Waals surface area contributed by atoms with E-state index in [1.54, 1.807) is 12.1 Å². The van der Waals surface area contributed by atoms with Crippen molar-refractivity contribution >= 4 is 17.1 Å². The van der Waals surface area contributed by atoms with E-state index in [0.717, 1.165) is 11.4 Å². The molecule has 0 aliphatic heterocycles. The Bertz CT molecular complexity index is 715. The first kappa shape index (κ1) is 14.2. The number of hydrogen-bond acceptors (Lipinski definition) is 1. The van der Waals surface area contributed by atoms with Crippen molar-refractivity contribution in [2.45, 2.75) is 13.8 Å². The van der Waals surface area contributed by atoms with Crippen LogP contribution in [0.15, 0.2) is 72.8 Å². The number of hydrogen-bond donors (Lipinski definition) is 0. The molecule has 0 amide bonds. The molecule has 0 heterocycles. The van der Waals surface area contributed by atoms with E-state index in [2.05, 4.69) is 38.1 Å². The monoisotopic (exact) mass is 288 g/mol. The molecule has 3 rings (SSSR count). The standard InChI is InChI=1S/C20H18NO/c1-15-7-11-17(12-8-15)21(18-13-9-16(2)10-14-18)19-5-3-4-6-20(19)22/h3-14H,1-2H3. The molecule has 0 saturated heterocycles. The molecule has 2 nitrogen and oxygen atoms in total. The number of benzene rings is 3. The van der Waals surface area contributed by atoms with E-state index in [4.69, 9.17) is 0 Å². The van der Waals surface area contributed by atoms with Crippen LogP contribution in [0.1, 0.15) is 11.1 Å². The molecule has 22 heavy (non-hydrogen) atoms. The summed E-state index contributed by atoms with van der Waals surface area (Å²) in [6, 6.07) is 23.5. The molecule has 0 fully saturated rings. The van der Waals surface area contributed by atoms with Crippen molar-refractivity contribution in [3.05, 3.63) is 83.9 Å². The van der Waals surface area contributed by atoms with Crippen LogP contribution in [0.4, 0.5) is 17.1 Å². The van der Waals surface area contributed by atoms with Gasteiger partial charge in [0.1, 0.15) is 0 Å². The van der Waals surface area contributed by atoms with E-state index < -0.39 is 0 Å². The normalized spacial score (nSPS) is 10.5. The second-order valence-electron chi connectivity index (χ2n) is 5.47. The summed E-state index contributed by atoms with van der Waals surface area (Å²) >= 11 is 0. The van der Waals surface area contributed by atoms with Gasteiger partial charge in [0.2, 0.25) is 5.75 Å². The van der Waals surface area contributed by atoms with Gasteiger partial charge in [-0.2, -0.15) is 0 Å². The highest BCUT2D eigenvalue weighted by atomic mass is 16.3. The Morgan fingerprint density at radius 2 is 1.09 bits per heavy atom. The van der Waals surface area contributed by atoms with E-state index in [1.807, 2.05) is 41.3 Å². The molecule has 0 saturated carbocycles. The molecule has 0 spiro atoms. The predicted molar refractivity (Wildman–Crippen MR) is 90.7 cm³/mol. The first-order valence-electron chi connectivity index (χ1n) is 7.35. The molecule has 0 bridgehead atoms. The molecule has 0 atom stereocenters. The predicted octanol–water partition coefficient (Wildman–Crippen LogP) is 5.92. The smallest absolute Gasteiger partial charge is 0.202 e. The average molecular weight is 288 g/mol. The summed E-state index contributed by atoms with van der Waals surface area (Å²) < 4.78 is 0. The van der Waals surface area contributed by atoms with Crippen LogP contribution < -0.4 is 4.90 Å². The number of anilines is 3. The lowest BCUT2D eigenvalue weighted by Gasteiger charge is -2.25. The Balaban J connectivity index is 2.16. The lowest BCUT2D eigenvalue weighted by molar-refractivity contribution is 0.356. The van der Waals surface area contributed by atoms with Crippen molar-refractivity contribution in [1.82, 2.24) is 0 Å². The molecule has 0 aromatic heterocycles. The average Bonchev–Trinajstić information content (AvgIpc) is 2.53. The van der Waals surface area contributed by atoms with Gasteiger partial charge >= 0.3 is 0 Å². The van der Waals surface area contributed by atoms with Crippen LogP contribution in [0, 0.1) is 13.8 Å². The van der Waals surface area contributed by atoms with Crippen LogP contribution in [-0.2, 0) is 5.11 Å². The lowest BCUT2D eigenvalue weighted by atomic mass is 10.1. The third-order valence-corrected chi connectivity index (χ3v) is 3.69. The van der Waals surface area contributed by atoms with E-state index in [1.165, 1.54) is 11.1 Å². The summed E-state index contributed by atoms with van der Waals surface area (Å²) in [5.41, 5.74) is 5.02. The molecule has 109 valence electrons. The molecular formula is C20H18NO. The van der Waals surface area contributed by atoms with E-state index in [0.29, 0.717) is 5.69 Å². The van der Waals surface area contributed by atoms with Crippen molar-refractivity contribution in [2.75, 3.05) is 4.90 Å². The Hall–Kier alpha value is -2.74. The number of rotatable bonds is 3. The van der Waals surface area contributed by atoms with Crippen LogP contribution in [-0.4, -0.2) is 0 Å². The molecule has 0 unspecified atom stereocenters. The van der Waals surface area contributed by atoms with Crippen molar-refractivity contribution in [2.24, 2.45) is 0 Å². The first-order chi connectivity index (χ1) is 10.6. The molecule has 0 aliphatic rings. The fraction of sp³-hybridized carbons (Fsp3) is 0.100. The summed E-state index contributed by atoms with van der Waals surface area (Å²) in [5.74, 6) is 0.0173. The van der Waals surface area contributed by atoms with Crippen LogP contribution >= 0.6 is 0 Å².